The summed E-state index contributed by atoms with van der Waals surface area (Å²) in [4.78, 5) is 17.0. The zero-order valence-corrected chi connectivity index (χ0v) is 16.1. The third kappa shape index (κ3) is 3.98. The van der Waals surface area contributed by atoms with E-state index in [2.05, 4.69) is 21.5 Å². The number of rotatable bonds is 5. The van der Waals surface area contributed by atoms with Gasteiger partial charge in [-0.1, -0.05) is 12.1 Å². The van der Waals surface area contributed by atoms with Gasteiger partial charge in [0.25, 0.3) is 0 Å². The molecule has 6 heteroatoms. The molecule has 1 amide bonds. The Kier molecular flexibility index (Phi) is 5.22. The number of aryl methyl sites for hydroxylation is 3. The second-order valence-corrected chi connectivity index (χ2v) is 6.84. The van der Waals surface area contributed by atoms with Crippen molar-refractivity contribution in [3.63, 3.8) is 0 Å². The molecule has 1 unspecified atom stereocenters. The zero-order chi connectivity index (χ0) is 19.6. The number of nitrogens with one attached hydrogen (secondary N) is 1. The molecule has 27 heavy (non-hydrogen) atoms. The fraction of sp³-hybridized carbons (Fsp3) is 0.333. The standard InChI is InChI=1S/C21H23N5O/c1-13-11-20-23-15(3)19(16(4)26(20)25-13)9-10-21(27)24-14(2)18-7-5-17(12-22)6-8-18/h5-8,11,14H,9-10H2,1-4H3,(H,24,27). The molecule has 3 aromatic rings. The number of fused-ring (bicyclic) bond motifs is 1. The van der Waals surface area contributed by atoms with Crippen LogP contribution in [0, 0.1) is 32.1 Å². The molecule has 2 aromatic heterocycles. The lowest BCUT2D eigenvalue weighted by atomic mass is 10.0. The van der Waals surface area contributed by atoms with Gasteiger partial charge in [-0.3, -0.25) is 4.79 Å². The number of amides is 1. The van der Waals surface area contributed by atoms with Gasteiger partial charge in [0, 0.05) is 23.9 Å². The molecule has 0 aliphatic carbocycles. The van der Waals surface area contributed by atoms with Gasteiger partial charge in [0.1, 0.15) is 0 Å². The molecule has 1 N–H and O–H groups in total. The second-order valence-electron chi connectivity index (χ2n) is 6.84. The van der Waals surface area contributed by atoms with E-state index in [0.717, 1.165) is 33.9 Å². The Morgan fingerprint density at radius 2 is 1.96 bits per heavy atom. The minimum atomic E-state index is -0.109. The molecule has 6 nitrogen and oxygen atoms in total. The largest absolute Gasteiger partial charge is 0.350 e. The van der Waals surface area contributed by atoms with Gasteiger partial charge in [-0.2, -0.15) is 10.4 Å². The number of aromatic nitrogens is 3. The highest BCUT2D eigenvalue weighted by molar-refractivity contribution is 5.76. The summed E-state index contributed by atoms with van der Waals surface area (Å²) >= 11 is 0. The summed E-state index contributed by atoms with van der Waals surface area (Å²) in [6, 6.07) is 11.2. The summed E-state index contributed by atoms with van der Waals surface area (Å²) in [6.07, 6.45) is 1.00. The number of carbonyl (C=O) groups excluding carboxylic acids is 1. The molecular formula is C21H23N5O. The van der Waals surface area contributed by atoms with E-state index in [0.29, 0.717) is 18.4 Å². The maximum Gasteiger partial charge on any atom is 0.220 e. The van der Waals surface area contributed by atoms with E-state index >= 15 is 0 Å². The molecule has 0 aliphatic heterocycles. The summed E-state index contributed by atoms with van der Waals surface area (Å²) in [5.41, 5.74) is 6.38. The average molecular weight is 361 g/mol. The van der Waals surface area contributed by atoms with Gasteiger partial charge < -0.3 is 5.32 Å². The van der Waals surface area contributed by atoms with Crippen LogP contribution in [0.2, 0.25) is 0 Å². The SMILES string of the molecule is Cc1cc2nc(C)c(CCC(=O)NC(C)c3ccc(C#N)cc3)c(C)n2n1. The third-order valence-corrected chi connectivity index (χ3v) is 4.81. The van der Waals surface area contributed by atoms with E-state index in [1.54, 1.807) is 12.1 Å². The topological polar surface area (TPSA) is 83.1 Å². The lowest BCUT2D eigenvalue weighted by molar-refractivity contribution is -0.121. The molecule has 0 fully saturated rings. The van der Waals surface area contributed by atoms with E-state index in [9.17, 15) is 4.79 Å². The van der Waals surface area contributed by atoms with Crippen molar-refractivity contribution in [2.24, 2.45) is 0 Å². The number of nitrogens with zero attached hydrogens (tertiary/aromatic N) is 4. The van der Waals surface area contributed by atoms with Crippen LogP contribution in [0.5, 0.6) is 0 Å². The maximum atomic E-state index is 12.4. The molecule has 2 heterocycles. The van der Waals surface area contributed by atoms with Crippen LogP contribution in [0.4, 0.5) is 0 Å². The van der Waals surface area contributed by atoms with E-state index in [1.165, 1.54) is 0 Å². The summed E-state index contributed by atoms with van der Waals surface area (Å²) in [6.45, 7) is 7.87. The lowest BCUT2D eigenvalue weighted by Crippen LogP contribution is -2.27. The minimum Gasteiger partial charge on any atom is -0.350 e. The van der Waals surface area contributed by atoms with Gasteiger partial charge in [-0.15, -0.1) is 0 Å². The van der Waals surface area contributed by atoms with Crippen LogP contribution in [0.15, 0.2) is 30.3 Å². The van der Waals surface area contributed by atoms with Crippen LogP contribution in [0.3, 0.4) is 0 Å². The molecule has 138 valence electrons. The Bertz CT molecular complexity index is 1030. The molecule has 0 radical (unpaired) electrons. The maximum absolute atomic E-state index is 12.4. The van der Waals surface area contributed by atoms with Gasteiger partial charge in [-0.25, -0.2) is 9.50 Å². The quantitative estimate of drug-likeness (QED) is 0.755. The highest BCUT2D eigenvalue weighted by Crippen LogP contribution is 2.18. The Morgan fingerprint density at radius 1 is 1.26 bits per heavy atom. The molecule has 1 atom stereocenters. The second kappa shape index (κ2) is 7.58. The van der Waals surface area contributed by atoms with Gasteiger partial charge >= 0.3 is 0 Å². The normalized spacial score (nSPS) is 12.0. The first-order chi connectivity index (χ1) is 12.9. The molecule has 1 aromatic carbocycles. The van der Waals surface area contributed by atoms with Gasteiger partial charge in [-0.05, 0) is 57.4 Å². The van der Waals surface area contributed by atoms with E-state index in [-0.39, 0.29) is 11.9 Å². The number of carbonyl (C=O) groups is 1. The van der Waals surface area contributed by atoms with Crippen molar-refractivity contribution in [1.82, 2.24) is 19.9 Å². The van der Waals surface area contributed by atoms with Crippen LogP contribution in [-0.4, -0.2) is 20.5 Å². The van der Waals surface area contributed by atoms with Crippen molar-refractivity contribution in [1.29, 1.82) is 5.26 Å². The van der Waals surface area contributed by atoms with E-state index < -0.39 is 0 Å². The van der Waals surface area contributed by atoms with Crippen LogP contribution >= 0.6 is 0 Å². The Labute approximate surface area is 158 Å². The smallest absolute Gasteiger partial charge is 0.220 e. The van der Waals surface area contributed by atoms with Crippen LogP contribution in [-0.2, 0) is 11.2 Å². The Morgan fingerprint density at radius 3 is 2.63 bits per heavy atom. The van der Waals surface area contributed by atoms with Crippen LogP contribution < -0.4 is 5.32 Å². The first kappa shape index (κ1) is 18.6. The highest BCUT2D eigenvalue weighted by atomic mass is 16.1. The lowest BCUT2D eigenvalue weighted by Gasteiger charge is -2.15. The van der Waals surface area contributed by atoms with Gasteiger partial charge in [0.05, 0.1) is 23.4 Å². The summed E-state index contributed by atoms with van der Waals surface area (Å²) in [5, 5.41) is 16.4. The minimum absolute atomic E-state index is 0.0117. The van der Waals surface area contributed by atoms with Crippen molar-refractivity contribution in [2.75, 3.05) is 0 Å². The third-order valence-electron chi connectivity index (χ3n) is 4.81. The summed E-state index contributed by atoms with van der Waals surface area (Å²) < 4.78 is 1.84. The first-order valence-corrected chi connectivity index (χ1v) is 9.01. The molecular weight excluding hydrogens is 338 g/mol. The number of hydrogen-bond donors (Lipinski definition) is 1. The fourth-order valence-electron chi connectivity index (χ4n) is 3.28. The summed E-state index contributed by atoms with van der Waals surface area (Å²) in [7, 11) is 0. The predicted octanol–water partition coefficient (Wildman–Crippen LogP) is 3.34. The van der Waals surface area contributed by atoms with Crippen molar-refractivity contribution in [3.05, 3.63) is 64.1 Å². The monoisotopic (exact) mass is 361 g/mol. The highest BCUT2D eigenvalue weighted by Gasteiger charge is 2.14. The number of benzene rings is 1. The summed E-state index contributed by atoms with van der Waals surface area (Å²) in [5.74, 6) is -0.0117. The molecule has 0 saturated carbocycles. The average Bonchev–Trinajstić information content (AvgIpc) is 3.02. The van der Waals surface area contributed by atoms with Crippen molar-refractivity contribution >= 4 is 11.6 Å². The molecule has 0 aliphatic rings. The van der Waals surface area contributed by atoms with Gasteiger partial charge in [0.2, 0.25) is 5.91 Å². The molecule has 3 rings (SSSR count). The molecule has 0 spiro atoms. The Balaban J connectivity index is 1.66. The van der Waals surface area contributed by atoms with Crippen LogP contribution in [0.1, 0.15) is 53.2 Å². The fourth-order valence-corrected chi connectivity index (χ4v) is 3.28. The Hall–Kier alpha value is -3.20. The first-order valence-electron chi connectivity index (χ1n) is 9.01. The molecule has 0 saturated heterocycles. The predicted molar refractivity (Wildman–Crippen MR) is 103 cm³/mol. The number of hydrogen-bond acceptors (Lipinski definition) is 4. The van der Waals surface area contributed by atoms with Gasteiger partial charge in [0.15, 0.2) is 5.65 Å². The van der Waals surface area contributed by atoms with Crippen molar-refractivity contribution < 1.29 is 4.79 Å². The van der Waals surface area contributed by atoms with Crippen LogP contribution in [0.25, 0.3) is 5.65 Å². The van der Waals surface area contributed by atoms with E-state index in [1.807, 2.05) is 50.4 Å². The number of nitriles is 1. The van der Waals surface area contributed by atoms with Crippen molar-refractivity contribution in [3.8, 4) is 6.07 Å². The zero-order valence-electron chi connectivity index (χ0n) is 16.1. The molecule has 0 bridgehead atoms. The van der Waals surface area contributed by atoms with Crippen molar-refractivity contribution in [2.45, 2.75) is 46.6 Å². The van der Waals surface area contributed by atoms with E-state index in [4.69, 9.17) is 5.26 Å².